The second kappa shape index (κ2) is 9.47. The summed E-state index contributed by atoms with van der Waals surface area (Å²) in [5, 5.41) is 7.69. The van der Waals surface area contributed by atoms with E-state index in [2.05, 4.69) is 24.3 Å². The Morgan fingerprint density at radius 2 is 1.83 bits per heavy atom. The van der Waals surface area contributed by atoms with Crippen molar-refractivity contribution in [3.63, 3.8) is 0 Å². The average Bonchev–Trinajstić information content (AvgIpc) is 3.18. The van der Waals surface area contributed by atoms with E-state index in [4.69, 9.17) is 0 Å². The zero-order valence-electron chi connectivity index (χ0n) is 17.0. The summed E-state index contributed by atoms with van der Waals surface area (Å²) in [6.45, 7) is 4.85. The van der Waals surface area contributed by atoms with Crippen LogP contribution in [0.5, 0.6) is 0 Å². The Hall–Kier alpha value is -2.99. The van der Waals surface area contributed by atoms with Gasteiger partial charge in [-0.25, -0.2) is 9.07 Å². The fourth-order valence-electron chi connectivity index (χ4n) is 3.27. The predicted molar refractivity (Wildman–Crippen MR) is 112 cm³/mol. The van der Waals surface area contributed by atoms with Gasteiger partial charge in [0.1, 0.15) is 5.82 Å². The number of carbonyl (C=O) groups excluding carboxylic acids is 1. The number of rotatable bonds is 8. The van der Waals surface area contributed by atoms with E-state index in [1.54, 1.807) is 35.0 Å². The highest BCUT2D eigenvalue weighted by molar-refractivity contribution is 5.78. The summed E-state index contributed by atoms with van der Waals surface area (Å²) in [6, 6.07) is 16.3. The largest absolute Gasteiger partial charge is 0.340 e. The summed E-state index contributed by atoms with van der Waals surface area (Å²) in [5.74, 6) is -0.00369. The summed E-state index contributed by atoms with van der Waals surface area (Å²) in [7, 11) is 1.78. The van der Waals surface area contributed by atoms with Crippen LogP contribution in [-0.2, 0) is 11.3 Å². The molecule has 0 spiro atoms. The Labute approximate surface area is 171 Å². The third kappa shape index (κ3) is 5.51. The standard InChI is InChI=1S/C23H27FN4O/c1-17(2)23(19-9-11-20(24)12-10-19)25-14-22(29)27(3)15-18-13-26-28(16-18)21-7-5-4-6-8-21/h4-13,16-17,23,25H,14-15H2,1-3H3. The molecule has 1 atom stereocenters. The quantitative estimate of drug-likeness (QED) is 0.629. The SMILES string of the molecule is CC(C)C(NCC(=O)N(C)Cc1cnn(-c2ccccc2)c1)c1ccc(F)cc1. The Bertz CT molecular complexity index is 922. The lowest BCUT2D eigenvalue weighted by atomic mass is 9.96. The van der Waals surface area contributed by atoms with E-state index in [-0.39, 0.29) is 30.2 Å². The van der Waals surface area contributed by atoms with Crippen LogP contribution in [0.3, 0.4) is 0 Å². The molecule has 0 bridgehead atoms. The first-order chi connectivity index (χ1) is 13.9. The molecule has 3 rings (SSSR count). The lowest BCUT2D eigenvalue weighted by Crippen LogP contribution is -2.38. The molecule has 0 radical (unpaired) electrons. The topological polar surface area (TPSA) is 50.2 Å². The molecule has 2 aromatic carbocycles. The highest BCUT2D eigenvalue weighted by Gasteiger charge is 2.18. The highest BCUT2D eigenvalue weighted by atomic mass is 19.1. The number of halogens is 1. The maximum absolute atomic E-state index is 13.2. The molecule has 1 amide bonds. The Morgan fingerprint density at radius 1 is 1.14 bits per heavy atom. The van der Waals surface area contributed by atoms with Gasteiger partial charge in [0.05, 0.1) is 18.4 Å². The van der Waals surface area contributed by atoms with Crippen LogP contribution >= 0.6 is 0 Å². The molecular formula is C23H27FN4O. The van der Waals surface area contributed by atoms with Crippen molar-refractivity contribution in [3.05, 3.63) is 83.9 Å². The molecule has 0 aliphatic heterocycles. The number of para-hydroxylation sites is 1. The van der Waals surface area contributed by atoms with Gasteiger partial charge in [-0.05, 0) is 35.7 Å². The maximum atomic E-state index is 13.2. The van der Waals surface area contributed by atoms with Gasteiger partial charge in [0, 0.05) is 31.4 Å². The molecule has 3 aromatic rings. The molecule has 1 aromatic heterocycles. The summed E-state index contributed by atoms with van der Waals surface area (Å²) in [4.78, 5) is 14.3. The molecular weight excluding hydrogens is 367 g/mol. The molecule has 152 valence electrons. The first kappa shape index (κ1) is 20.7. The number of carbonyl (C=O) groups is 1. The molecule has 1 heterocycles. The fourth-order valence-corrected chi connectivity index (χ4v) is 3.27. The van der Waals surface area contributed by atoms with E-state index in [9.17, 15) is 9.18 Å². The van der Waals surface area contributed by atoms with E-state index in [1.165, 1.54) is 12.1 Å². The first-order valence-corrected chi connectivity index (χ1v) is 9.76. The van der Waals surface area contributed by atoms with E-state index in [0.29, 0.717) is 6.54 Å². The van der Waals surface area contributed by atoms with Gasteiger partial charge < -0.3 is 10.2 Å². The number of likely N-dealkylation sites (N-methyl/N-ethyl adjacent to an activating group) is 1. The van der Waals surface area contributed by atoms with Gasteiger partial charge in [0.2, 0.25) is 5.91 Å². The van der Waals surface area contributed by atoms with Crippen LogP contribution < -0.4 is 5.32 Å². The second-order valence-electron chi connectivity index (χ2n) is 7.53. The molecule has 29 heavy (non-hydrogen) atoms. The lowest BCUT2D eigenvalue weighted by molar-refractivity contribution is -0.129. The number of hydrogen-bond donors (Lipinski definition) is 1. The molecule has 0 fully saturated rings. The molecule has 6 heteroatoms. The molecule has 5 nitrogen and oxygen atoms in total. The van der Waals surface area contributed by atoms with Gasteiger partial charge in [-0.2, -0.15) is 5.10 Å². The summed E-state index contributed by atoms with van der Waals surface area (Å²) in [6.07, 6.45) is 3.71. The zero-order chi connectivity index (χ0) is 20.8. The molecule has 0 saturated heterocycles. The number of nitrogens with one attached hydrogen (secondary N) is 1. The van der Waals surface area contributed by atoms with Crippen molar-refractivity contribution in [2.45, 2.75) is 26.4 Å². The average molecular weight is 394 g/mol. The number of amides is 1. The predicted octanol–water partition coefficient (Wildman–Crippen LogP) is 3.96. The molecule has 0 aliphatic carbocycles. The van der Waals surface area contributed by atoms with Crippen LogP contribution in [0.1, 0.15) is 31.0 Å². The maximum Gasteiger partial charge on any atom is 0.236 e. The van der Waals surface area contributed by atoms with Crippen LogP contribution in [0.4, 0.5) is 4.39 Å². The van der Waals surface area contributed by atoms with E-state index < -0.39 is 0 Å². The van der Waals surface area contributed by atoms with Crippen LogP contribution in [0.2, 0.25) is 0 Å². The zero-order valence-corrected chi connectivity index (χ0v) is 17.0. The summed E-state index contributed by atoms with van der Waals surface area (Å²) >= 11 is 0. The summed E-state index contributed by atoms with van der Waals surface area (Å²) in [5.41, 5.74) is 2.91. The lowest BCUT2D eigenvalue weighted by Gasteiger charge is -2.24. The van der Waals surface area contributed by atoms with Gasteiger partial charge in [-0.15, -0.1) is 0 Å². The van der Waals surface area contributed by atoms with Crippen LogP contribution in [0.15, 0.2) is 67.0 Å². The molecule has 0 aliphatic rings. The van der Waals surface area contributed by atoms with Crippen molar-refractivity contribution in [2.75, 3.05) is 13.6 Å². The highest BCUT2D eigenvalue weighted by Crippen LogP contribution is 2.21. The van der Waals surface area contributed by atoms with Gasteiger partial charge in [-0.1, -0.05) is 44.2 Å². The minimum atomic E-state index is -0.261. The Kier molecular flexibility index (Phi) is 6.77. The second-order valence-corrected chi connectivity index (χ2v) is 7.53. The Balaban J connectivity index is 1.57. The van der Waals surface area contributed by atoms with Crippen molar-refractivity contribution in [3.8, 4) is 5.69 Å². The van der Waals surface area contributed by atoms with Gasteiger partial charge in [0.15, 0.2) is 0 Å². The number of hydrogen-bond acceptors (Lipinski definition) is 3. The van der Waals surface area contributed by atoms with Crippen molar-refractivity contribution in [2.24, 2.45) is 5.92 Å². The normalized spacial score (nSPS) is 12.2. The van der Waals surface area contributed by atoms with Crippen molar-refractivity contribution < 1.29 is 9.18 Å². The molecule has 0 saturated carbocycles. The van der Waals surface area contributed by atoms with Crippen molar-refractivity contribution in [1.82, 2.24) is 20.0 Å². The van der Waals surface area contributed by atoms with Crippen LogP contribution in [-0.4, -0.2) is 34.2 Å². The monoisotopic (exact) mass is 394 g/mol. The first-order valence-electron chi connectivity index (χ1n) is 9.76. The van der Waals surface area contributed by atoms with Crippen LogP contribution in [0, 0.1) is 11.7 Å². The number of aromatic nitrogens is 2. The minimum absolute atomic E-state index is 0.00905. The van der Waals surface area contributed by atoms with Crippen molar-refractivity contribution >= 4 is 5.91 Å². The number of nitrogens with zero attached hydrogens (tertiary/aromatic N) is 3. The smallest absolute Gasteiger partial charge is 0.236 e. The third-order valence-corrected chi connectivity index (χ3v) is 4.87. The minimum Gasteiger partial charge on any atom is -0.340 e. The summed E-state index contributed by atoms with van der Waals surface area (Å²) < 4.78 is 15.0. The van der Waals surface area contributed by atoms with Gasteiger partial charge in [0.25, 0.3) is 0 Å². The van der Waals surface area contributed by atoms with E-state index in [1.807, 2.05) is 36.5 Å². The Morgan fingerprint density at radius 3 is 2.48 bits per heavy atom. The molecule has 1 N–H and O–H groups in total. The van der Waals surface area contributed by atoms with Gasteiger partial charge in [-0.3, -0.25) is 4.79 Å². The van der Waals surface area contributed by atoms with Crippen molar-refractivity contribution in [1.29, 1.82) is 0 Å². The molecule has 1 unspecified atom stereocenters. The fraction of sp³-hybridized carbons (Fsp3) is 0.304. The van der Waals surface area contributed by atoms with Gasteiger partial charge >= 0.3 is 0 Å². The van der Waals surface area contributed by atoms with E-state index in [0.717, 1.165) is 16.8 Å². The van der Waals surface area contributed by atoms with Crippen LogP contribution in [0.25, 0.3) is 5.69 Å². The van der Waals surface area contributed by atoms with E-state index >= 15 is 0 Å². The third-order valence-electron chi connectivity index (χ3n) is 4.87. The number of benzene rings is 2.